The number of Topliss-reactive ketones (excluding diaryl/α,β-unsaturated/α-hetero) is 1. The Morgan fingerprint density at radius 1 is 1.20 bits per heavy atom. The molecule has 1 unspecified atom stereocenters. The van der Waals surface area contributed by atoms with E-state index in [0.29, 0.717) is 30.6 Å². The zero-order valence-corrected chi connectivity index (χ0v) is 16.2. The van der Waals surface area contributed by atoms with Gasteiger partial charge in [0.1, 0.15) is 5.60 Å². The number of carbonyl (C=O) groups is 2. The van der Waals surface area contributed by atoms with Crippen molar-refractivity contribution in [1.82, 2.24) is 0 Å². The Morgan fingerprint density at radius 3 is 2.56 bits per heavy atom. The number of fused-ring (bicyclic) bond motifs is 5. The number of carbonyl (C=O) groups excluding carboxylic acids is 2. The zero-order valence-electron chi connectivity index (χ0n) is 15.5. The molecule has 3 nitrogen and oxygen atoms in total. The summed E-state index contributed by atoms with van der Waals surface area (Å²) in [5.41, 5.74) is -0.362. The molecule has 0 aliphatic heterocycles. The number of ketones is 2. The highest BCUT2D eigenvalue weighted by molar-refractivity contribution is 6.23. The number of hydrogen-bond acceptors (Lipinski definition) is 3. The molecular formula is C21H29ClO3. The van der Waals surface area contributed by atoms with E-state index in [1.165, 1.54) is 0 Å². The number of rotatable bonds is 1. The minimum absolute atomic E-state index is 0.00149. The number of alkyl halides is 1. The molecule has 25 heavy (non-hydrogen) atoms. The highest BCUT2D eigenvalue weighted by Crippen LogP contribution is 2.68. The Labute approximate surface area is 155 Å². The first-order valence-electron chi connectivity index (χ1n) is 9.76. The molecule has 3 saturated carbocycles. The van der Waals surface area contributed by atoms with Crippen molar-refractivity contribution in [1.29, 1.82) is 0 Å². The van der Waals surface area contributed by atoms with Crippen LogP contribution in [0, 0.1) is 28.6 Å². The van der Waals surface area contributed by atoms with E-state index in [4.69, 9.17) is 11.6 Å². The van der Waals surface area contributed by atoms with Crippen molar-refractivity contribution >= 4 is 23.2 Å². The molecule has 0 spiro atoms. The second kappa shape index (κ2) is 5.42. The largest absolute Gasteiger partial charge is 0.382 e. The average Bonchev–Trinajstić information content (AvgIpc) is 2.83. The third-order valence-corrected chi connectivity index (χ3v) is 9.09. The summed E-state index contributed by atoms with van der Waals surface area (Å²) in [6, 6.07) is 0. The van der Waals surface area contributed by atoms with E-state index >= 15 is 0 Å². The van der Waals surface area contributed by atoms with Gasteiger partial charge in [-0.3, -0.25) is 9.59 Å². The maximum atomic E-state index is 12.3. The summed E-state index contributed by atoms with van der Waals surface area (Å²) in [4.78, 5) is 24.2. The van der Waals surface area contributed by atoms with Crippen LogP contribution in [0.25, 0.3) is 0 Å². The summed E-state index contributed by atoms with van der Waals surface area (Å²) in [6.45, 7) is 5.97. The SMILES string of the molecule is CC(=O)[C@@]1(O)CC[C@H]2[C@@H]3CC(Cl)C4=CC(=O)CC[C@]4(C)[C@H]3CC[C@@]21C. The van der Waals surface area contributed by atoms with E-state index in [1.807, 2.05) is 6.08 Å². The number of allylic oxidation sites excluding steroid dienone is 1. The van der Waals surface area contributed by atoms with Gasteiger partial charge in [0, 0.05) is 11.8 Å². The molecule has 1 N–H and O–H groups in total. The van der Waals surface area contributed by atoms with Crippen molar-refractivity contribution in [2.24, 2.45) is 28.6 Å². The molecule has 0 aromatic carbocycles. The zero-order chi connectivity index (χ0) is 18.2. The lowest BCUT2D eigenvalue weighted by atomic mass is 9.46. The number of hydrogen-bond donors (Lipinski definition) is 1. The van der Waals surface area contributed by atoms with Gasteiger partial charge in [-0.2, -0.15) is 0 Å². The Balaban J connectivity index is 1.73. The van der Waals surface area contributed by atoms with E-state index < -0.39 is 5.60 Å². The highest BCUT2D eigenvalue weighted by atomic mass is 35.5. The first-order valence-corrected chi connectivity index (χ1v) is 10.2. The molecule has 3 fully saturated rings. The van der Waals surface area contributed by atoms with Crippen molar-refractivity contribution in [3.05, 3.63) is 11.6 Å². The van der Waals surface area contributed by atoms with Gasteiger partial charge in [0.2, 0.25) is 0 Å². The summed E-state index contributed by atoms with van der Waals surface area (Å²) in [5, 5.41) is 11.1. The summed E-state index contributed by atoms with van der Waals surface area (Å²) < 4.78 is 0. The molecule has 4 rings (SSSR count). The number of halogens is 1. The molecule has 0 radical (unpaired) electrons. The molecule has 7 atom stereocenters. The molecule has 0 amide bonds. The number of aliphatic hydroxyl groups is 1. The Kier molecular flexibility index (Phi) is 3.84. The first-order chi connectivity index (χ1) is 11.6. The predicted octanol–water partition coefficient (Wildman–Crippen LogP) is 4.06. The normalized spacial score (nSPS) is 52.0. The van der Waals surface area contributed by atoms with Gasteiger partial charge < -0.3 is 5.11 Å². The van der Waals surface area contributed by atoms with Gasteiger partial charge in [-0.1, -0.05) is 13.8 Å². The van der Waals surface area contributed by atoms with Crippen LogP contribution < -0.4 is 0 Å². The van der Waals surface area contributed by atoms with Crippen molar-refractivity contribution in [2.45, 2.75) is 76.7 Å². The summed E-state index contributed by atoms with van der Waals surface area (Å²) >= 11 is 6.78. The third-order valence-electron chi connectivity index (χ3n) is 8.67. The Morgan fingerprint density at radius 2 is 1.88 bits per heavy atom. The maximum absolute atomic E-state index is 12.3. The van der Waals surface area contributed by atoms with E-state index in [9.17, 15) is 14.7 Å². The van der Waals surface area contributed by atoms with Crippen LogP contribution >= 0.6 is 11.6 Å². The van der Waals surface area contributed by atoms with Crippen LogP contribution in [0.15, 0.2) is 11.6 Å². The summed E-state index contributed by atoms with van der Waals surface area (Å²) in [7, 11) is 0. The van der Waals surface area contributed by atoms with Crippen LogP contribution in [-0.4, -0.2) is 27.7 Å². The molecule has 138 valence electrons. The second-order valence-electron chi connectivity index (χ2n) is 9.47. The molecule has 0 bridgehead atoms. The van der Waals surface area contributed by atoms with Crippen LogP contribution in [-0.2, 0) is 9.59 Å². The van der Waals surface area contributed by atoms with Crippen molar-refractivity contribution in [2.75, 3.05) is 0 Å². The molecule has 4 aliphatic carbocycles. The molecule has 0 aromatic heterocycles. The predicted molar refractivity (Wildman–Crippen MR) is 97.4 cm³/mol. The summed E-state index contributed by atoms with van der Waals surface area (Å²) in [6.07, 6.45) is 7.59. The van der Waals surface area contributed by atoms with Crippen LogP contribution in [0.1, 0.15) is 65.7 Å². The molecule has 4 heteroatoms. The van der Waals surface area contributed by atoms with Gasteiger partial charge in [0.25, 0.3) is 0 Å². The van der Waals surface area contributed by atoms with E-state index in [-0.39, 0.29) is 27.8 Å². The second-order valence-corrected chi connectivity index (χ2v) is 10.0. The first kappa shape index (κ1) is 17.7. The lowest BCUT2D eigenvalue weighted by Crippen LogP contribution is -2.58. The van der Waals surface area contributed by atoms with Gasteiger partial charge in [-0.25, -0.2) is 0 Å². The van der Waals surface area contributed by atoms with Crippen LogP contribution in [0.4, 0.5) is 0 Å². The van der Waals surface area contributed by atoms with E-state index in [2.05, 4.69) is 13.8 Å². The van der Waals surface area contributed by atoms with E-state index in [1.54, 1.807) is 6.92 Å². The lowest BCUT2D eigenvalue weighted by molar-refractivity contribution is -0.160. The fourth-order valence-corrected chi connectivity index (χ4v) is 7.67. The molecule has 0 saturated heterocycles. The minimum Gasteiger partial charge on any atom is -0.382 e. The van der Waals surface area contributed by atoms with Gasteiger partial charge in [-0.15, -0.1) is 11.6 Å². The van der Waals surface area contributed by atoms with Gasteiger partial charge in [0.05, 0.1) is 5.38 Å². The fourth-order valence-electron chi connectivity index (χ4n) is 7.15. The topological polar surface area (TPSA) is 54.4 Å². The Hall–Kier alpha value is -0.670. The van der Waals surface area contributed by atoms with Crippen molar-refractivity contribution < 1.29 is 14.7 Å². The van der Waals surface area contributed by atoms with Crippen LogP contribution in [0.3, 0.4) is 0 Å². The standard InChI is InChI=1S/C21H29ClO3/c1-12(23)21(25)9-6-16-14-11-18(22)17-10-13(24)4-7-19(17,2)15(14)5-8-20(16,21)3/h10,14-16,18,25H,4-9,11H2,1-3H3/t14-,15+,16+,18?,19-,20+,21+/m1/s1. The monoisotopic (exact) mass is 364 g/mol. The van der Waals surface area contributed by atoms with Crippen molar-refractivity contribution in [3.8, 4) is 0 Å². The van der Waals surface area contributed by atoms with Gasteiger partial charge in [0.15, 0.2) is 11.6 Å². The Bertz CT molecular complexity index is 670. The maximum Gasteiger partial charge on any atom is 0.161 e. The van der Waals surface area contributed by atoms with Gasteiger partial charge >= 0.3 is 0 Å². The smallest absolute Gasteiger partial charge is 0.161 e. The molecular weight excluding hydrogens is 336 g/mol. The summed E-state index contributed by atoms with van der Waals surface area (Å²) in [5.74, 6) is 1.42. The average molecular weight is 365 g/mol. The molecule has 0 aromatic rings. The molecule has 4 aliphatic rings. The lowest BCUT2D eigenvalue weighted by Gasteiger charge is -2.59. The highest BCUT2D eigenvalue weighted by Gasteiger charge is 2.66. The fraction of sp³-hybridized carbons (Fsp3) is 0.810. The van der Waals surface area contributed by atoms with Gasteiger partial charge in [-0.05, 0) is 80.3 Å². The van der Waals surface area contributed by atoms with E-state index in [0.717, 1.165) is 37.7 Å². The van der Waals surface area contributed by atoms with Crippen LogP contribution in [0.2, 0.25) is 0 Å². The minimum atomic E-state index is -1.18. The quantitative estimate of drug-likeness (QED) is 0.714. The molecule has 0 heterocycles. The third kappa shape index (κ3) is 2.15. The van der Waals surface area contributed by atoms with Crippen LogP contribution in [0.5, 0.6) is 0 Å². The van der Waals surface area contributed by atoms with Crippen molar-refractivity contribution in [3.63, 3.8) is 0 Å².